The van der Waals surface area contributed by atoms with Crippen molar-refractivity contribution in [2.24, 2.45) is 0 Å². The van der Waals surface area contributed by atoms with E-state index in [9.17, 15) is 4.79 Å². The van der Waals surface area contributed by atoms with Gasteiger partial charge < -0.3 is 21.7 Å². The molecule has 0 radical (unpaired) electrons. The summed E-state index contributed by atoms with van der Waals surface area (Å²) >= 11 is 10.3. The Morgan fingerprint density at radius 2 is 0.865 bits per heavy atom. The quantitative estimate of drug-likeness (QED) is 0.118. The molecule has 0 aliphatic heterocycles. The van der Waals surface area contributed by atoms with Crippen LogP contribution in [0.15, 0.2) is 159 Å². The number of carbonyl (C=O) groups is 1. The fourth-order valence-electron chi connectivity index (χ4n) is 5.45. The second-order valence-corrected chi connectivity index (χ2v) is 14.3. The average Bonchev–Trinajstić information content (AvgIpc) is 3.18. The zero-order chi connectivity index (χ0) is 36.0. The molecule has 7 rings (SSSR count). The third-order valence-corrected chi connectivity index (χ3v) is 9.81. The van der Waals surface area contributed by atoms with E-state index in [0.717, 1.165) is 42.6 Å². The molecule has 262 valence electrons. The molecule has 0 amide bonds. The van der Waals surface area contributed by atoms with Gasteiger partial charge in [0.25, 0.3) is 0 Å². The number of aryl methyl sites for hydroxylation is 1. The molecular weight excluding hydrogens is 904 g/mol. The van der Waals surface area contributed by atoms with Crippen molar-refractivity contribution in [3.8, 4) is 5.75 Å². The smallest absolute Gasteiger partial charge is 0.150 e. The largest absolute Gasteiger partial charge is 1.00 e. The van der Waals surface area contributed by atoms with Crippen LogP contribution in [0.3, 0.4) is 0 Å². The van der Waals surface area contributed by atoms with E-state index in [0.29, 0.717) is 5.56 Å². The summed E-state index contributed by atoms with van der Waals surface area (Å²) in [6.07, 6.45) is 10.7. The van der Waals surface area contributed by atoms with Crippen molar-refractivity contribution in [3.63, 3.8) is 0 Å². The monoisotopic (exact) mass is 937 g/mol. The Labute approximate surface area is 342 Å². The van der Waals surface area contributed by atoms with Crippen molar-refractivity contribution < 1.29 is 26.5 Å². The molecule has 0 unspecified atom stereocenters. The van der Waals surface area contributed by atoms with E-state index in [2.05, 4.69) is 188 Å². The number of fused-ring (bicyclic) bond motifs is 2. The molecule has 0 saturated heterocycles. The summed E-state index contributed by atoms with van der Waals surface area (Å²) in [6, 6.07) is 49.3. The van der Waals surface area contributed by atoms with Crippen molar-refractivity contribution >= 4 is 99.9 Å². The summed E-state index contributed by atoms with van der Waals surface area (Å²) < 4.78 is 8.55. The van der Waals surface area contributed by atoms with Gasteiger partial charge in [0.2, 0.25) is 0 Å². The Bertz CT molecular complexity index is 2160. The lowest BCUT2D eigenvalue weighted by Crippen LogP contribution is -3.00. The number of aldehydes is 1. The summed E-state index contributed by atoms with van der Waals surface area (Å²) in [6.45, 7) is 2.16. The normalized spacial score (nSPS) is 10.6. The van der Waals surface area contributed by atoms with Gasteiger partial charge >= 0.3 is 0 Å². The molecule has 2 nitrogen and oxygen atoms in total. The first-order valence-electron chi connectivity index (χ1n) is 16.5. The molecule has 0 bridgehead atoms. The van der Waals surface area contributed by atoms with Crippen LogP contribution in [0.1, 0.15) is 45.1 Å². The van der Waals surface area contributed by atoms with Crippen LogP contribution < -0.4 is 21.7 Å². The molecule has 0 saturated carbocycles. The van der Waals surface area contributed by atoms with E-state index < -0.39 is 0 Å². The highest BCUT2D eigenvalue weighted by molar-refractivity contribution is 9.11. The highest BCUT2D eigenvalue weighted by Gasteiger charge is 2.05. The van der Waals surface area contributed by atoms with Gasteiger partial charge in [0.15, 0.2) is 6.29 Å². The highest BCUT2D eigenvalue weighted by atomic mass is 79.9. The number of hydrogen-bond donors (Lipinski definition) is 0. The second kappa shape index (κ2) is 20.8. The number of benzene rings is 7. The average molecular weight is 941 g/mol. The first-order valence-corrected chi connectivity index (χ1v) is 18.9. The zero-order valence-electron chi connectivity index (χ0n) is 28.8. The van der Waals surface area contributed by atoms with Crippen LogP contribution in [0.2, 0.25) is 0 Å². The SMILES string of the molecule is Brc1ccc(/C=C/c2ccc(/C=C/c3ccc(Br)cc3)c3ccccc23)cc1.CCc1ccc(Br)cc1.COc1ccc(C=O)c2ccccc12.[Br-]. The van der Waals surface area contributed by atoms with Gasteiger partial charge in [-0.15, -0.1) is 0 Å². The van der Waals surface area contributed by atoms with Crippen molar-refractivity contribution in [2.45, 2.75) is 13.3 Å². The maximum absolute atomic E-state index is 10.8. The minimum atomic E-state index is 0. The van der Waals surface area contributed by atoms with E-state index in [1.807, 2.05) is 30.3 Å². The first-order chi connectivity index (χ1) is 24.9. The van der Waals surface area contributed by atoms with Crippen LogP contribution in [0.5, 0.6) is 5.75 Å². The maximum atomic E-state index is 10.8. The van der Waals surface area contributed by atoms with E-state index in [-0.39, 0.29) is 17.0 Å². The summed E-state index contributed by atoms with van der Waals surface area (Å²) in [5, 5.41) is 4.42. The van der Waals surface area contributed by atoms with Crippen LogP contribution >= 0.6 is 47.8 Å². The van der Waals surface area contributed by atoms with Gasteiger partial charge in [-0.25, -0.2) is 0 Å². The van der Waals surface area contributed by atoms with Gasteiger partial charge in [-0.3, -0.25) is 4.79 Å². The standard InChI is InChI=1S/C26H18Br2.C12H10O2.C8H9Br.BrH/c27-23-15-7-19(8-16-23)5-11-21-13-14-22(26-4-2-1-3-25(21)26)12-6-20-9-17-24(28)18-10-20;1-14-12-7-6-9(8-13)10-4-2-3-5-11(10)12;1-2-7-3-5-8(9)6-4-7;/h1-18H;2-8H,1H3;3-6H,2H2,1H3;1H/p-1/b11-5+,12-6+;;;. The molecule has 0 fully saturated rings. The Balaban J connectivity index is 0.000000209. The molecular formula is C46H37Br4O2-. The first kappa shape index (κ1) is 40.7. The summed E-state index contributed by atoms with van der Waals surface area (Å²) in [5.41, 5.74) is 6.90. The number of hydrogen-bond acceptors (Lipinski definition) is 2. The molecule has 7 aromatic carbocycles. The summed E-state index contributed by atoms with van der Waals surface area (Å²) in [7, 11) is 1.63. The molecule has 52 heavy (non-hydrogen) atoms. The zero-order valence-corrected chi connectivity index (χ0v) is 35.1. The van der Waals surface area contributed by atoms with Gasteiger partial charge in [-0.1, -0.05) is 176 Å². The fourth-order valence-corrected chi connectivity index (χ4v) is 6.24. The number of methoxy groups -OCH3 is 1. The highest BCUT2D eigenvalue weighted by Crippen LogP contribution is 2.28. The minimum absolute atomic E-state index is 0. The van der Waals surface area contributed by atoms with E-state index in [1.54, 1.807) is 13.2 Å². The second-order valence-electron chi connectivity index (χ2n) is 11.6. The molecule has 6 heteroatoms. The number of rotatable bonds is 7. The van der Waals surface area contributed by atoms with Crippen LogP contribution in [0, 0.1) is 0 Å². The third-order valence-electron chi connectivity index (χ3n) is 8.23. The van der Waals surface area contributed by atoms with Gasteiger partial charge in [-0.05, 0) is 98.9 Å². The maximum Gasteiger partial charge on any atom is 0.150 e. The van der Waals surface area contributed by atoms with Crippen LogP contribution in [-0.2, 0) is 6.42 Å². The van der Waals surface area contributed by atoms with Crippen molar-refractivity contribution in [3.05, 3.63) is 192 Å². The number of halogens is 4. The number of carbonyl (C=O) groups excluding carboxylic acids is 1. The van der Waals surface area contributed by atoms with E-state index in [4.69, 9.17) is 4.74 Å². The molecule has 0 spiro atoms. The Morgan fingerprint density at radius 3 is 1.27 bits per heavy atom. The molecule has 0 heterocycles. The van der Waals surface area contributed by atoms with Crippen LogP contribution in [0.25, 0.3) is 45.8 Å². The molecule has 0 N–H and O–H groups in total. The Kier molecular flexibility index (Phi) is 16.3. The molecule has 0 aromatic heterocycles. The lowest BCUT2D eigenvalue weighted by atomic mass is 9.98. The van der Waals surface area contributed by atoms with Crippen LogP contribution in [-0.4, -0.2) is 13.4 Å². The van der Waals surface area contributed by atoms with Crippen molar-refractivity contribution in [1.29, 1.82) is 0 Å². The molecule has 7 aromatic rings. The summed E-state index contributed by atoms with van der Waals surface area (Å²) in [5.74, 6) is 0.797. The molecule has 0 atom stereocenters. The van der Waals surface area contributed by atoms with Crippen molar-refractivity contribution in [1.82, 2.24) is 0 Å². The van der Waals surface area contributed by atoms with Gasteiger partial charge in [-0.2, -0.15) is 0 Å². The predicted octanol–water partition coefficient (Wildman–Crippen LogP) is 11.4. The van der Waals surface area contributed by atoms with Gasteiger partial charge in [0.1, 0.15) is 5.75 Å². The minimum Gasteiger partial charge on any atom is -1.00 e. The topological polar surface area (TPSA) is 26.3 Å². The Morgan fingerprint density at radius 1 is 0.481 bits per heavy atom. The fraction of sp³-hybridized carbons (Fsp3) is 0.0652. The van der Waals surface area contributed by atoms with Crippen molar-refractivity contribution in [2.75, 3.05) is 7.11 Å². The van der Waals surface area contributed by atoms with Crippen LogP contribution in [0.4, 0.5) is 0 Å². The predicted molar refractivity (Wildman–Crippen MR) is 229 cm³/mol. The molecule has 0 aliphatic carbocycles. The van der Waals surface area contributed by atoms with E-state index in [1.165, 1.54) is 38.6 Å². The lowest BCUT2D eigenvalue weighted by molar-refractivity contribution is -0.0000161. The van der Waals surface area contributed by atoms with Gasteiger partial charge in [0.05, 0.1) is 7.11 Å². The third kappa shape index (κ3) is 11.5. The van der Waals surface area contributed by atoms with Gasteiger partial charge in [0, 0.05) is 24.4 Å². The number of ether oxygens (including phenoxy) is 1. The molecule has 0 aliphatic rings. The summed E-state index contributed by atoms with van der Waals surface area (Å²) in [4.78, 5) is 10.8. The lowest BCUT2D eigenvalue weighted by Gasteiger charge is -2.07. The Hall–Kier alpha value is -4.07. The van der Waals surface area contributed by atoms with E-state index >= 15 is 0 Å².